The normalized spacial score (nSPS) is 12.2. The van der Waals surface area contributed by atoms with Crippen LogP contribution in [-0.4, -0.2) is 36.1 Å². The Balaban J connectivity index is 1.49. The number of imidazole rings is 1. The number of hydrogen-bond donors (Lipinski definition) is 2. The van der Waals surface area contributed by atoms with E-state index in [9.17, 15) is 4.79 Å². The van der Waals surface area contributed by atoms with Crippen LogP contribution in [0.1, 0.15) is 29.1 Å². The predicted molar refractivity (Wildman–Crippen MR) is 91.1 cm³/mol. The summed E-state index contributed by atoms with van der Waals surface area (Å²) in [6, 6.07) is 14.6. The van der Waals surface area contributed by atoms with Crippen molar-refractivity contribution in [2.45, 2.75) is 13.0 Å². The number of benzene rings is 2. The van der Waals surface area contributed by atoms with Crippen molar-refractivity contribution in [3.8, 4) is 5.69 Å². The molecule has 0 spiro atoms. The molecule has 2 aromatic heterocycles. The van der Waals surface area contributed by atoms with E-state index in [1.807, 2.05) is 31.2 Å². The van der Waals surface area contributed by atoms with Gasteiger partial charge in [-0.05, 0) is 53.7 Å². The summed E-state index contributed by atoms with van der Waals surface area (Å²) in [5, 5.41) is 13.9. The fourth-order valence-corrected chi connectivity index (χ4v) is 2.57. The third kappa shape index (κ3) is 2.97. The second-order valence-corrected chi connectivity index (χ2v) is 5.64. The summed E-state index contributed by atoms with van der Waals surface area (Å²) in [6.45, 7) is 1.89. The molecule has 25 heavy (non-hydrogen) atoms. The Morgan fingerprint density at radius 1 is 1.16 bits per heavy atom. The van der Waals surface area contributed by atoms with Crippen LogP contribution in [0.25, 0.3) is 16.7 Å². The van der Waals surface area contributed by atoms with Gasteiger partial charge >= 0.3 is 0 Å². The quantitative estimate of drug-likeness (QED) is 0.595. The molecule has 124 valence electrons. The lowest BCUT2D eigenvalue weighted by atomic mass is 10.2. The first-order valence-electron chi connectivity index (χ1n) is 7.79. The Hall–Kier alpha value is -3.55. The second-order valence-electron chi connectivity index (χ2n) is 5.64. The van der Waals surface area contributed by atoms with Crippen molar-refractivity contribution in [1.82, 2.24) is 35.5 Å². The van der Waals surface area contributed by atoms with Gasteiger partial charge in [0.15, 0.2) is 0 Å². The Kier molecular flexibility index (Phi) is 3.70. The minimum absolute atomic E-state index is 0.170. The third-order valence-corrected chi connectivity index (χ3v) is 3.91. The highest BCUT2D eigenvalue weighted by Gasteiger charge is 2.15. The van der Waals surface area contributed by atoms with Crippen LogP contribution in [0.5, 0.6) is 0 Å². The maximum atomic E-state index is 12.4. The lowest BCUT2D eigenvalue weighted by molar-refractivity contribution is 0.0938. The van der Waals surface area contributed by atoms with Crippen LogP contribution in [-0.2, 0) is 0 Å². The van der Waals surface area contributed by atoms with Crippen molar-refractivity contribution in [3.63, 3.8) is 0 Å². The van der Waals surface area contributed by atoms with Gasteiger partial charge in [-0.3, -0.25) is 4.79 Å². The van der Waals surface area contributed by atoms with Crippen molar-refractivity contribution >= 4 is 16.9 Å². The second kappa shape index (κ2) is 6.16. The number of fused-ring (bicyclic) bond motifs is 1. The molecule has 0 aliphatic carbocycles. The zero-order chi connectivity index (χ0) is 17.2. The molecular formula is C17H15N7O. The van der Waals surface area contributed by atoms with Crippen molar-refractivity contribution in [1.29, 1.82) is 0 Å². The van der Waals surface area contributed by atoms with Gasteiger partial charge in [0.25, 0.3) is 5.91 Å². The van der Waals surface area contributed by atoms with Crippen LogP contribution in [0.3, 0.4) is 0 Å². The molecule has 4 rings (SSSR count). The molecule has 0 radical (unpaired) electrons. The van der Waals surface area contributed by atoms with Crippen LogP contribution < -0.4 is 5.32 Å². The van der Waals surface area contributed by atoms with Crippen molar-refractivity contribution in [3.05, 3.63) is 66.2 Å². The zero-order valence-electron chi connectivity index (χ0n) is 13.4. The first kappa shape index (κ1) is 15.0. The van der Waals surface area contributed by atoms with Gasteiger partial charge in [-0.1, -0.05) is 12.1 Å². The molecule has 0 saturated carbocycles. The van der Waals surface area contributed by atoms with E-state index in [1.165, 1.54) is 11.0 Å². The number of rotatable bonds is 4. The number of aromatic nitrogens is 6. The molecule has 0 aliphatic heterocycles. The van der Waals surface area contributed by atoms with E-state index < -0.39 is 0 Å². The average Bonchev–Trinajstić information content (AvgIpc) is 3.31. The SMILES string of the molecule is C[C@@H](NC(=O)c1ccc(-n2cnnn2)cc1)c1nc2ccccc2[nH]1. The Morgan fingerprint density at radius 2 is 1.96 bits per heavy atom. The molecule has 1 amide bonds. The first-order valence-corrected chi connectivity index (χ1v) is 7.79. The Bertz CT molecular complexity index is 972. The maximum absolute atomic E-state index is 12.4. The number of nitrogens with zero attached hydrogens (tertiary/aromatic N) is 5. The van der Waals surface area contributed by atoms with Gasteiger partial charge in [0.1, 0.15) is 12.2 Å². The van der Waals surface area contributed by atoms with Crippen molar-refractivity contribution in [2.75, 3.05) is 0 Å². The third-order valence-electron chi connectivity index (χ3n) is 3.91. The van der Waals surface area contributed by atoms with Gasteiger partial charge in [-0.25, -0.2) is 9.67 Å². The molecule has 0 aliphatic rings. The number of aromatic amines is 1. The summed E-state index contributed by atoms with van der Waals surface area (Å²) >= 11 is 0. The van der Waals surface area contributed by atoms with Crippen LogP contribution in [0, 0.1) is 0 Å². The van der Waals surface area contributed by atoms with Crippen LogP contribution >= 0.6 is 0 Å². The van der Waals surface area contributed by atoms with Crippen LogP contribution in [0.4, 0.5) is 0 Å². The molecule has 0 fully saturated rings. The van der Waals surface area contributed by atoms with Gasteiger partial charge in [0, 0.05) is 5.56 Å². The summed E-state index contributed by atoms with van der Waals surface area (Å²) in [6.07, 6.45) is 1.50. The molecule has 0 saturated heterocycles. The number of para-hydroxylation sites is 2. The summed E-state index contributed by atoms with van der Waals surface area (Å²) < 4.78 is 1.53. The molecular weight excluding hydrogens is 318 g/mol. The lowest BCUT2D eigenvalue weighted by Crippen LogP contribution is -2.27. The smallest absolute Gasteiger partial charge is 0.251 e. The molecule has 2 heterocycles. The highest BCUT2D eigenvalue weighted by molar-refractivity contribution is 5.94. The summed E-state index contributed by atoms with van der Waals surface area (Å²) in [5.74, 6) is 0.552. The van der Waals surface area contributed by atoms with E-state index in [-0.39, 0.29) is 11.9 Å². The van der Waals surface area contributed by atoms with E-state index in [0.29, 0.717) is 5.56 Å². The number of carbonyl (C=O) groups excluding carboxylic acids is 1. The molecule has 2 N–H and O–H groups in total. The van der Waals surface area contributed by atoms with Crippen molar-refractivity contribution in [2.24, 2.45) is 0 Å². The average molecular weight is 333 g/mol. The molecule has 0 bridgehead atoms. The molecule has 0 unspecified atom stereocenters. The van der Waals surface area contributed by atoms with Crippen LogP contribution in [0.2, 0.25) is 0 Å². The predicted octanol–water partition coefficient (Wildman–Crippen LogP) is 2.03. The first-order chi connectivity index (χ1) is 12.2. The van der Waals surface area contributed by atoms with Gasteiger partial charge in [-0.2, -0.15) is 0 Å². The lowest BCUT2D eigenvalue weighted by Gasteiger charge is -2.11. The van der Waals surface area contributed by atoms with Crippen molar-refractivity contribution < 1.29 is 4.79 Å². The topological polar surface area (TPSA) is 101 Å². The molecule has 8 nitrogen and oxygen atoms in total. The zero-order valence-corrected chi connectivity index (χ0v) is 13.4. The van der Waals surface area contributed by atoms with E-state index in [2.05, 4.69) is 30.8 Å². The Labute approximate surface area is 142 Å². The van der Waals surface area contributed by atoms with Crippen LogP contribution in [0.15, 0.2) is 54.9 Å². The molecule has 4 aromatic rings. The minimum Gasteiger partial charge on any atom is -0.342 e. The number of nitrogens with one attached hydrogen (secondary N) is 2. The standard InChI is InChI=1S/C17H15N7O/c1-11(16-20-14-4-2-3-5-15(14)21-16)19-17(25)12-6-8-13(9-7-12)24-10-18-22-23-24/h2-11H,1H3,(H,19,25)(H,20,21)/t11-/m1/s1. The number of tetrazole rings is 1. The van der Waals surface area contributed by atoms with E-state index >= 15 is 0 Å². The summed E-state index contributed by atoms with van der Waals surface area (Å²) in [7, 11) is 0. The van der Waals surface area contributed by atoms with Gasteiger partial charge in [0.05, 0.1) is 22.8 Å². The number of hydrogen-bond acceptors (Lipinski definition) is 5. The Morgan fingerprint density at radius 3 is 2.68 bits per heavy atom. The van der Waals surface area contributed by atoms with E-state index in [0.717, 1.165) is 22.5 Å². The van der Waals surface area contributed by atoms with Gasteiger partial charge in [0.2, 0.25) is 0 Å². The largest absolute Gasteiger partial charge is 0.342 e. The molecule has 2 aromatic carbocycles. The van der Waals surface area contributed by atoms with E-state index in [1.54, 1.807) is 24.3 Å². The summed E-state index contributed by atoms with van der Waals surface area (Å²) in [5.41, 5.74) is 3.17. The van der Waals surface area contributed by atoms with E-state index in [4.69, 9.17) is 0 Å². The fourth-order valence-electron chi connectivity index (χ4n) is 2.57. The number of carbonyl (C=O) groups is 1. The summed E-state index contributed by atoms with van der Waals surface area (Å²) in [4.78, 5) is 20.2. The number of amides is 1. The number of H-pyrrole nitrogens is 1. The monoisotopic (exact) mass is 333 g/mol. The molecule has 8 heteroatoms. The fraction of sp³-hybridized carbons (Fsp3) is 0.118. The highest BCUT2D eigenvalue weighted by atomic mass is 16.1. The van der Waals surface area contributed by atoms with Gasteiger partial charge in [-0.15, -0.1) is 5.10 Å². The van der Waals surface area contributed by atoms with Gasteiger partial charge < -0.3 is 10.3 Å². The minimum atomic E-state index is -0.237. The maximum Gasteiger partial charge on any atom is 0.251 e. The highest BCUT2D eigenvalue weighted by Crippen LogP contribution is 2.16. The molecule has 1 atom stereocenters.